The van der Waals surface area contributed by atoms with Crippen molar-refractivity contribution < 1.29 is 9.50 Å². The summed E-state index contributed by atoms with van der Waals surface area (Å²) in [4.78, 5) is 11.7. The van der Waals surface area contributed by atoms with Crippen molar-refractivity contribution in [1.82, 2.24) is 4.40 Å². The van der Waals surface area contributed by atoms with E-state index in [1.807, 2.05) is 0 Å². The minimum Gasteiger partial charge on any atom is -0.507 e. The Morgan fingerprint density at radius 1 is 1.47 bits per heavy atom. The lowest BCUT2D eigenvalue weighted by molar-refractivity contribution is 0.469. The molecule has 0 atom stereocenters. The number of aromatic hydroxyl groups is 1. The fraction of sp³-hybridized carbons (Fsp3) is 0.100. The zero-order valence-corrected chi connectivity index (χ0v) is 9.38. The minimum absolute atomic E-state index is 0.0905. The fourth-order valence-corrected chi connectivity index (χ4v) is 1.90. The Bertz CT molecular complexity index is 606. The zero-order valence-electron chi connectivity index (χ0n) is 7.79. The van der Waals surface area contributed by atoms with E-state index in [0.717, 1.165) is 10.6 Å². The van der Waals surface area contributed by atoms with Crippen LogP contribution in [0.3, 0.4) is 0 Å². The second kappa shape index (κ2) is 3.34. The van der Waals surface area contributed by atoms with Crippen molar-refractivity contribution in [2.75, 3.05) is 0 Å². The first-order valence-electron chi connectivity index (χ1n) is 4.20. The lowest BCUT2D eigenvalue weighted by Gasteiger charge is -2.06. The molecule has 0 amide bonds. The van der Waals surface area contributed by atoms with Crippen LogP contribution in [0.4, 0.5) is 4.39 Å². The monoisotopic (exact) mass is 271 g/mol. The average molecular weight is 272 g/mol. The highest BCUT2D eigenvalue weighted by atomic mass is 79.9. The van der Waals surface area contributed by atoms with Gasteiger partial charge in [0.25, 0.3) is 5.56 Å². The van der Waals surface area contributed by atoms with Gasteiger partial charge in [-0.2, -0.15) is 0 Å². The largest absolute Gasteiger partial charge is 0.507 e. The zero-order chi connectivity index (χ0) is 11.2. The van der Waals surface area contributed by atoms with Crippen LogP contribution in [-0.4, -0.2) is 9.51 Å². The van der Waals surface area contributed by atoms with E-state index in [4.69, 9.17) is 0 Å². The Kier molecular flexibility index (Phi) is 2.26. The van der Waals surface area contributed by atoms with E-state index in [9.17, 15) is 14.3 Å². The molecule has 0 saturated heterocycles. The highest BCUT2D eigenvalue weighted by Gasteiger charge is 2.09. The van der Waals surface area contributed by atoms with Gasteiger partial charge in [0.2, 0.25) is 0 Å². The molecule has 2 aromatic rings. The average Bonchev–Trinajstić information content (AvgIpc) is 2.17. The van der Waals surface area contributed by atoms with Gasteiger partial charge in [0.05, 0.1) is 11.1 Å². The summed E-state index contributed by atoms with van der Waals surface area (Å²) in [7, 11) is 0. The molecule has 1 N–H and O–H groups in total. The third kappa shape index (κ3) is 1.52. The van der Waals surface area contributed by atoms with Crippen molar-refractivity contribution in [2.45, 2.75) is 6.92 Å². The maximum absolute atomic E-state index is 13.1. The summed E-state index contributed by atoms with van der Waals surface area (Å²) in [6.07, 6.45) is 1.09. The first-order valence-corrected chi connectivity index (χ1v) is 5.00. The second-order valence-corrected chi connectivity index (χ2v) is 4.08. The Hall–Kier alpha value is -1.36. The highest BCUT2D eigenvalue weighted by molar-refractivity contribution is 9.10. The summed E-state index contributed by atoms with van der Waals surface area (Å²) in [6, 6.07) is 2.66. The molecule has 0 fully saturated rings. The molecule has 3 nitrogen and oxygen atoms in total. The van der Waals surface area contributed by atoms with E-state index in [-0.39, 0.29) is 11.3 Å². The number of nitrogens with zero attached hydrogens (tertiary/aromatic N) is 1. The van der Waals surface area contributed by atoms with Crippen LogP contribution in [0.15, 0.2) is 27.6 Å². The molecule has 0 aliphatic heterocycles. The summed E-state index contributed by atoms with van der Waals surface area (Å²) in [5.41, 5.74) is 0.208. The van der Waals surface area contributed by atoms with Gasteiger partial charge in [-0.1, -0.05) is 0 Å². The number of aromatic nitrogens is 1. The number of pyridine rings is 2. The molecular weight excluding hydrogens is 265 g/mol. The van der Waals surface area contributed by atoms with Crippen molar-refractivity contribution in [1.29, 1.82) is 0 Å². The molecule has 78 valence electrons. The maximum atomic E-state index is 13.1. The van der Waals surface area contributed by atoms with Gasteiger partial charge in [-0.25, -0.2) is 4.39 Å². The quantitative estimate of drug-likeness (QED) is 0.798. The number of rotatable bonds is 0. The molecule has 2 heterocycles. The molecule has 2 rings (SSSR count). The van der Waals surface area contributed by atoms with Gasteiger partial charge in [0.1, 0.15) is 11.6 Å². The van der Waals surface area contributed by atoms with Gasteiger partial charge in [0.15, 0.2) is 0 Å². The number of hydrogen-bond donors (Lipinski definition) is 1. The molecule has 0 aromatic carbocycles. The lowest BCUT2D eigenvalue weighted by Crippen LogP contribution is -2.16. The van der Waals surface area contributed by atoms with Gasteiger partial charge < -0.3 is 5.11 Å². The van der Waals surface area contributed by atoms with Gasteiger partial charge >= 0.3 is 0 Å². The Balaban J connectivity index is 3.06. The van der Waals surface area contributed by atoms with Crippen LogP contribution in [0.25, 0.3) is 5.52 Å². The van der Waals surface area contributed by atoms with Crippen molar-refractivity contribution in [2.24, 2.45) is 0 Å². The second-order valence-electron chi connectivity index (χ2n) is 3.22. The molecular formula is C10H7BrFNO2. The normalized spacial score (nSPS) is 10.9. The van der Waals surface area contributed by atoms with E-state index >= 15 is 0 Å². The van der Waals surface area contributed by atoms with Crippen molar-refractivity contribution in [3.63, 3.8) is 0 Å². The molecule has 0 bridgehead atoms. The number of halogens is 2. The minimum atomic E-state index is -0.512. The van der Waals surface area contributed by atoms with E-state index in [1.165, 1.54) is 19.1 Å². The van der Waals surface area contributed by atoms with Gasteiger partial charge in [-0.3, -0.25) is 9.20 Å². The molecule has 0 saturated carbocycles. The van der Waals surface area contributed by atoms with Crippen LogP contribution < -0.4 is 5.56 Å². The third-order valence-electron chi connectivity index (χ3n) is 2.22. The first-order chi connectivity index (χ1) is 7.00. The summed E-state index contributed by atoms with van der Waals surface area (Å²) >= 11 is 3.13. The summed E-state index contributed by atoms with van der Waals surface area (Å²) in [6.45, 7) is 1.49. The first kappa shape index (κ1) is 10.2. The van der Waals surface area contributed by atoms with Crippen molar-refractivity contribution >= 4 is 21.4 Å². The van der Waals surface area contributed by atoms with E-state index in [1.54, 1.807) is 0 Å². The molecule has 0 unspecified atom stereocenters. The number of hydrogen-bond acceptors (Lipinski definition) is 2. The summed E-state index contributed by atoms with van der Waals surface area (Å²) < 4.78 is 14.6. The fourth-order valence-electron chi connectivity index (χ4n) is 1.37. The molecule has 2 aromatic heterocycles. The molecule has 0 radical (unpaired) electrons. The molecule has 5 heteroatoms. The van der Waals surface area contributed by atoms with Crippen molar-refractivity contribution in [3.8, 4) is 5.75 Å². The third-order valence-corrected chi connectivity index (χ3v) is 2.85. The van der Waals surface area contributed by atoms with E-state index in [2.05, 4.69) is 15.9 Å². The molecule has 15 heavy (non-hydrogen) atoms. The topological polar surface area (TPSA) is 41.7 Å². The number of fused-ring (bicyclic) bond motifs is 1. The van der Waals surface area contributed by atoms with Crippen LogP contribution in [-0.2, 0) is 0 Å². The standard InChI is InChI=1S/C10H7BrFNO2/c1-5-9(14)3-8-7(11)2-6(12)4-13(8)10(5)15/h2-4,14H,1H3. The highest BCUT2D eigenvalue weighted by Crippen LogP contribution is 2.22. The molecule has 0 aliphatic carbocycles. The van der Waals surface area contributed by atoms with Crippen LogP contribution in [0.5, 0.6) is 5.75 Å². The Morgan fingerprint density at radius 2 is 2.13 bits per heavy atom. The predicted molar refractivity (Wildman–Crippen MR) is 57.7 cm³/mol. The van der Waals surface area contributed by atoms with Crippen molar-refractivity contribution in [3.05, 3.63) is 44.5 Å². The summed E-state index contributed by atoms with van der Waals surface area (Å²) in [5, 5.41) is 9.46. The SMILES string of the molecule is Cc1c(O)cc2c(Br)cc(F)cn2c1=O. The van der Waals surface area contributed by atoms with Gasteiger partial charge in [-0.05, 0) is 28.9 Å². The van der Waals surface area contributed by atoms with Gasteiger partial charge in [-0.15, -0.1) is 0 Å². The van der Waals surface area contributed by atoms with Gasteiger partial charge in [0, 0.05) is 16.7 Å². The molecule has 0 aliphatic rings. The van der Waals surface area contributed by atoms with E-state index in [0.29, 0.717) is 9.99 Å². The van der Waals surface area contributed by atoms with E-state index < -0.39 is 11.4 Å². The molecule has 0 spiro atoms. The summed E-state index contributed by atoms with van der Waals surface area (Å²) in [5.74, 6) is -0.603. The van der Waals surface area contributed by atoms with Crippen LogP contribution in [0, 0.1) is 12.7 Å². The Morgan fingerprint density at radius 3 is 2.80 bits per heavy atom. The Labute approximate surface area is 92.9 Å². The van der Waals surface area contributed by atoms with Crippen LogP contribution in [0.2, 0.25) is 0 Å². The van der Waals surface area contributed by atoms with Crippen LogP contribution in [0.1, 0.15) is 5.56 Å². The smallest absolute Gasteiger partial charge is 0.261 e. The lowest BCUT2D eigenvalue weighted by atomic mass is 10.2. The maximum Gasteiger partial charge on any atom is 0.261 e. The predicted octanol–water partition coefficient (Wildman–Crippen LogP) is 2.22. The van der Waals surface area contributed by atoms with Crippen LogP contribution >= 0.6 is 15.9 Å².